The van der Waals surface area contributed by atoms with E-state index in [1.165, 1.54) is 0 Å². The third-order valence-electron chi connectivity index (χ3n) is 4.00. The molecule has 0 bridgehead atoms. The number of rotatable bonds is 8. The Bertz CT molecular complexity index is 892. The summed E-state index contributed by atoms with van der Waals surface area (Å²) in [6.07, 6.45) is 3.52. The fourth-order valence-electron chi connectivity index (χ4n) is 2.60. The van der Waals surface area contributed by atoms with Gasteiger partial charge in [0.05, 0.1) is 7.11 Å². The molecule has 1 aromatic heterocycles. The second-order valence-corrected chi connectivity index (χ2v) is 6.82. The Balaban J connectivity index is 0.00000280. The highest BCUT2D eigenvalue weighted by molar-refractivity contribution is 6.35. The topological polar surface area (TPSA) is 43.4 Å². The van der Waals surface area contributed by atoms with Crippen LogP contribution in [0, 0.1) is 0 Å². The summed E-state index contributed by atoms with van der Waals surface area (Å²) in [6, 6.07) is 15.3. The lowest BCUT2D eigenvalue weighted by Gasteiger charge is -2.13. The van der Waals surface area contributed by atoms with Gasteiger partial charge in [0, 0.05) is 41.1 Å². The minimum absolute atomic E-state index is 0. The normalized spacial score (nSPS) is 10.2. The Hall–Kier alpha value is -1.98. The molecular weight excluding hydrogens is 419 g/mol. The van der Waals surface area contributed by atoms with E-state index in [1.807, 2.05) is 42.5 Å². The predicted octanol–water partition coefficient (Wildman–Crippen LogP) is 5.69. The van der Waals surface area contributed by atoms with Crippen molar-refractivity contribution in [3.8, 4) is 11.5 Å². The lowest BCUT2D eigenvalue weighted by Crippen LogP contribution is -2.13. The van der Waals surface area contributed by atoms with Crippen LogP contribution in [-0.2, 0) is 19.7 Å². The molecule has 0 saturated heterocycles. The first-order chi connectivity index (χ1) is 13.2. The Morgan fingerprint density at radius 3 is 2.54 bits per heavy atom. The third-order valence-corrected chi connectivity index (χ3v) is 4.59. The SMILES string of the molecule is COc1ccc(CNCc2ccc(Cl)cc2Cl)cc1OCc1cccnc1.Cl. The van der Waals surface area contributed by atoms with Crippen molar-refractivity contribution >= 4 is 35.6 Å². The van der Waals surface area contributed by atoms with E-state index >= 15 is 0 Å². The van der Waals surface area contributed by atoms with Gasteiger partial charge in [-0.05, 0) is 41.5 Å². The van der Waals surface area contributed by atoms with Crippen LogP contribution in [0.1, 0.15) is 16.7 Å². The Morgan fingerprint density at radius 1 is 0.964 bits per heavy atom. The minimum Gasteiger partial charge on any atom is -0.493 e. The molecule has 0 spiro atoms. The van der Waals surface area contributed by atoms with E-state index in [4.69, 9.17) is 32.7 Å². The maximum Gasteiger partial charge on any atom is 0.161 e. The Morgan fingerprint density at radius 2 is 1.82 bits per heavy atom. The summed E-state index contributed by atoms with van der Waals surface area (Å²) >= 11 is 12.1. The lowest BCUT2D eigenvalue weighted by atomic mass is 10.2. The summed E-state index contributed by atoms with van der Waals surface area (Å²) < 4.78 is 11.3. The average Bonchev–Trinajstić information content (AvgIpc) is 2.69. The van der Waals surface area contributed by atoms with Crippen molar-refractivity contribution in [3.63, 3.8) is 0 Å². The fourth-order valence-corrected chi connectivity index (χ4v) is 3.07. The van der Waals surface area contributed by atoms with Crippen LogP contribution in [0.3, 0.4) is 0 Å². The van der Waals surface area contributed by atoms with E-state index in [0.29, 0.717) is 41.2 Å². The molecule has 3 rings (SSSR count). The largest absolute Gasteiger partial charge is 0.493 e. The van der Waals surface area contributed by atoms with Gasteiger partial charge in [0.25, 0.3) is 0 Å². The van der Waals surface area contributed by atoms with Gasteiger partial charge in [0.2, 0.25) is 0 Å². The quantitative estimate of drug-likeness (QED) is 0.490. The first-order valence-corrected chi connectivity index (χ1v) is 9.24. The summed E-state index contributed by atoms with van der Waals surface area (Å²) in [6.45, 7) is 1.75. The van der Waals surface area contributed by atoms with Crippen LogP contribution < -0.4 is 14.8 Å². The molecule has 7 heteroatoms. The predicted molar refractivity (Wildman–Crippen MR) is 116 cm³/mol. The van der Waals surface area contributed by atoms with Gasteiger partial charge in [-0.15, -0.1) is 12.4 Å². The minimum atomic E-state index is 0. The van der Waals surface area contributed by atoms with Gasteiger partial charge in [-0.3, -0.25) is 4.98 Å². The average molecular weight is 440 g/mol. The molecule has 0 fully saturated rings. The molecule has 0 aliphatic heterocycles. The maximum absolute atomic E-state index is 6.21. The van der Waals surface area contributed by atoms with Crippen molar-refractivity contribution in [2.75, 3.05) is 7.11 Å². The van der Waals surface area contributed by atoms with Crippen LogP contribution in [0.2, 0.25) is 10.0 Å². The van der Waals surface area contributed by atoms with E-state index in [1.54, 1.807) is 25.6 Å². The summed E-state index contributed by atoms with van der Waals surface area (Å²) in [4.78, 5) is 4.10. The second-order valence-electron chi connectivity index (χ2n) is 5.97. The van der Waals surface area contributed by atoms with E-state index < -0.39 is 0 Å². The molecular formula is C21H21Cl3N2O2. The number of benzene rings is 2. The number of nitrogens with one attached hydrogen (secondary N) is 1. The highest BCUT2D eigenvalue weighted by Crippen LogP contribution is 2.29. The summed E-state index contributed by atoms with van der Waals surface area (Å²) in [5.41, 5.74) is 3.09. The molecule has 1 N–H and O–H groups in total. The molecule has 0 unspecified atom stereocenters. The van der Waals surface area contributed by atoms with Gasteiger partial charge in [-0.25, -0.2) is 0 Å². The van der Waals surface area contributed by atoms with Crippen molar-refractivity contribution < 1.29 is 9.47 Å². The molecule has 28 heavy (non-hydrogen) atoms. The summed E-state index contributed by atoms with van der Waals surface area (Å²) in [7, 11) is 1.63. The maximum atomic E-state index is 6.21. The fraction of sp³-hybridized carbons (Fsp3) is 0.190. The van der Waals surface area contributed by atoms with Crippen molar-refractivity contribution in [2.45, 2.75) is 19.7 Å². The number of halogens is 3. The van der Waals surface area contributed by atoms with Crippen LogP contribution in [0.4, 0.5) is 0 Å². The molecule has 4 nitrogen and oxygen atoms in total. The number of aromatic nitrogens is 1. The molecule has 148 valence electrons. The lowest BCUT2D eigenvalue weighted by molar-refractivity contribution is 0.283. The number of hydrogen-bond donors (Lipinski definition) is 1. The summed E-state index contributed by atoms with van der Waals surface area (Å²) in [5, 5.41) is 4.67. The first-order valence-electron chi connectivity index (χ1n) is 8.49. The first kappa shape index (κ1) is 22.3. The zero-order valence-corrected chi connectivity index (χ0v) is 17.7. The van der Waals surface area contributed by atoms with Crippen LogP contribution in [0.5, 0.6) is 11.5 Å². The van der Waals surface area contributed by atoms with Crippen LogP contribution in [0.25, 0.3) is 0 Å². The van der Waals surface area contributed by atoms with Gasteiger partial charge < -0.3 is 14.8 Å². The number of methoxy groups -OCH3 is 1. The molecule has 0 radical (unpaired) electrons. The molecule has 0 amide bonds. The number of nitrogens with zero attached hydrogens (tertiary/aromatic N) is 1. The molecule has 0 saturated carbocycles. The number of pyridine rings is 1. The number of hydrogen-bond acceptors (Lipinski definition) is 4. The smallest absolute Gasteiger partial charge is 0.161 e. The molecule has 1 heterocycles. The van der Waals surface area contributed by atoms with E-state index in [-0.39, 0.29) is 12.4 Å². The van der Waals surface area contributed by atoms with Crippen LogP contribution >= 0.6 is 35.6 Å². The Labute approximate surface area is 181 Å². The zero-order valence-electron chi connectivity index (χ0n) is 15.3. The third kappa shape index (κ3) is 6.28. The van der Waals surface area contributed by atoms with Crippen molar-refractivity contribution in [3.05, 3.63) is 87.7 Å². The van der Waals surface area contributed by atoms with Crippen LogP contribution in [0.15, 0.2) is 60.9 Å². The highest BCUT2D eigenvalue weighted by Gasteiger charge is 2.07. The van der Waals surface area contributed by atoms with E-state index in [2.05, 4.69) is 10.3 Å². The monoisotopic (exact) mass is 438 g/mol. The van der Waals surface area contributed by atoms with Gasteiger partial charge in [-0.2, -0.15) is 0 Å². The number of ether oxygens (including phenoxy) is 2. The van der Waals surface area contributed by atoms with Gasteiger partial charge in [0.1, 0.15) is 6.61 Å². The molecule has 2 aromatic carbocycles. The zero-order chi connectivity index (χ0) is 19.1. The van der Waals surface area contributed by atoms with Crippen molar-refractivity contribution in [2.24, 2.45) is 0 Å². The molecule has 3 aromatic rings. The molecule has 0 aliphatic carbocycles. The van der Waals surface area contributed by atoms with Gasteiger partial charge >= 0.3 is 0 Å². The standard InChI is InChI=1S/C21H20Cl2N2O2.ClH/c1-26-20-7-4-15(9-21(20)27-14-16-3-2-8-24-12-16)11-25-13-17-5-6-18(22)10-19(17)23;/h2-10,12,25H,11,13-14H2,1H3;1H. The van der Waals surface area contributed by atoms with Crippen molar-refractivity contribution in [1.29, 1.82) is 0 Å². The van der Waals surface area contributed by atoms with E-state index in [0.717, 1.165) is 16.7 Å². The van der Waals surface area contributed by atoms with Crippen LogP contribution in [-0.4, -0.2) is 12.1 Å². The highest BCUT2D eigenvalue weighted by atomic mass is 35.5. The van der Waals surface area contributed by atoms with Crippen molar-refractivity contribution in [1.82, 2.24) is 10.3 Å². The van der Waals surface area contributed by atoms with Gasteiger partial charge in [0.15, 0.2) is 11.5 Å². The Kier molecular flexibility index (Phi) is 8.87. The molecule has 0 aliphatic rings. The van der Waals surface area contributed by atoms with Gasteiger partial charge in [-0.1, -0.05) is 41.4 Å². The second kappa shape index (κ2) is 11.1. The summed E-state index contributed by atoms with van der Waals surface area (Å²) in [5.74, 6) is 1.40. The van der Waals surface area contributed by atoms with E-state index in [9.17, 15) is 0 Å². The molecule has 0 atom stereocenters.